The lowest BCUT2D eigenvalue weighted by molar-refractivity contribution is 0.309. The fourth-order valence-electron chi connectivity index (χ4n) is 1.21. The average Bonchev–Trinajstić information content (AvgIpc) is 2.03. The summed E-state index contributed by atoms with van der Waals surface area (Å²) in [7, 11) is 0. The number of likely N-dealkylation sites (tertiary alicyclic amines) is 1. The Morgan fingerprint density at radius 3 is 2.50 bits per heavy atom. The van der Waals surface area contributed by atoms with E-state index in [1.807, 2.05) is 12.3 Å². The first kappa shape index (κ1) is 7.14. The molecule has 0 saturated carbocycles. The molecule has 1 aliphatic rings. The van der Waals surface area contributed by atoms with Crippen LogP contribution in [0.5, 0.6) is 0 Å². The molecule has 54 valence electrons. The topological polar surface area (TPSA) is 27.0 Å². The lowest BCUT2D eigenvalue weighted by Crippen LogP contribution is -2.23. The van der Waals surface area contributed by atoms with Crippen LogP contribution in [0.4, 0.5) is 0 Å². The highest BCUT2D eigenvalue weighted by molar-refractivity contribution is 5.01. The zero-order valence-corrected chi connectivity index (χ0v) is 6.08. The summed E-state index contributed by atoms with van der Waals surface area (Å²) in [6, 6.07) is 1.99. The first-order chi connectivity index (χ1) is 4.93. The largest absolute Gasteiger partial charge is 0.377 e. The maximum atomic E-state index is 8.23. The molecule has 2 nitrogen and oxygen atoms in total. The molecular weight excluding hydrogens is 124 g/mol. The van der Waals surface area contributed by atoms with E-state index < -0.39 is 0 Å². The van der Waals surface area contributed by atoms with Gasteiger partial charge in [0.2, 0.25) is 0 Å². The zero-order valence-electron chi connectivity index (χ0n) is 6.08. The Balaban J connectivity index is 2.27. The quantitative estimate of drug-likeness (QED) is 0.511. The van der Waals surface area contributed by atoms with Gasteiger partial charge in [0.05, 0.1) is 6.07 Å². The van der Waals surface area contributed by atoms with Gasteiger partial charge in [-0.25, -0.2) is 0 Å². The number of rotatable bonds is 1. The molecule has 1 fully saturated rings. The minimum absolute atomic E-state index is 1.12. The summed E-state index contributed by atoms with van der Waals surface area (Å²) in [5, 5.41) is 8.23. The van der Waals surface area contributed by atoms with Gasteiger partial charge >= 0.3 is 0 Å². The van der Waals surface area contributed by atoms with E-state index in [1.54, 1.807) is 6.08 Å². The van der Waals surface area contributed by atoms with Crippen molar-refractivity contribution in [2.24, 2.45) is 0 Å². The van der Waals surface area contributed by atoms with Crippen molar-refractivity contribution in [2.75, 3.05) is 13.1 Å². The van der Waals surface area contributed by atoms with Gasteiger partial charge in [-0.05, 0) is 19.3 Å². The van der Waals surface area contributed by atoms with Gasteiger partial charge in [-0.3, -0.25) is 0 Å². The van der Waals surface area contributed by atoms with Crippen LogP contribution in [0.15, 0.2) is 12.3 Å². The number of allylic oxidation sites excluding steroid dienone is 1. The van der Waals surface area contributed by atoms with Gasteiger partial charge < -0.3 is 4.90 Å². The number of hydrogen-bond acceptors (Lipinski definition) is 2. The summed E-state index contributed by atoms with van der Waals surface area (Å²) in [5.74, 6) is 0. The van der Waals surface area contributed by atoms with Gasteiger partial charge in [0.15, 0.2) is 0 Å². The highest BCUT2D eigenvalue weighted by Gasteiger charge is 2.03. The molecule has 1 aliphatic heterocycles. The summed E-state index contributed by atoms with van der Waals surface area (Å²) < 4.78 is 0. The molecular formula is C8H12N2. The second-order valence-electron chi connectivity index (χ2n) is 2.54. The van der Waals surface area contributed by atoms with Crippen molar-refractivity contribution in [1.82, 2.24) is 4.90 Å². The van der Waals surface area contributed by atoms with Crippen molar-refractivity contribution in [3.63, 3.8) is 0 Å². The molecule has 0 aromatic rings. The van der Waals surface area contributed by atoms with Crippen molar-refractivity contribution >= 4 is 0 Å². The molecule has 2 heteroatoms. The van der Waals surface area contributed by atoms with Crippen LogP contribution in [-0.4, -0.2) is 18.0 Å². The second-order valence-corrected chi connectivity index (χ2v) is 2.54. The predicted octanol–water partition coefficient (Wildman–Crippen LogP) is 1.51. The molecule has 1 saturated heterocycles. The average molecular weight is 136 g/mol. The molecule has 1 heterocycles. The Labute approximate surface area is 61.8 Å². The molecule has 0 aromatic carbocycles. The molecule has 0 radical (unpaired) electrons. The summed E-state index contributed by atoms with van der Waals surface area (Å²) in [4.78, 5) is 2.20. The van der Waals surface area contributed by atoms with Crippen molar-refractivity contribution in [3.8, 4) is 6.07 Å². The zero-order chi connectivity index (χ0) is 7.23. The molecule has 0 aromatic heterocycles. The smallest absolute Gasteiger partial charge is 0.0927 e. The van der Waals surface area contributed by atoms with Crippen LogP contribution < -0.4 is 0 Å². The summed E-state index contributed by atoms with van der Waals surface area (Å²) in [6.07, 6.45) is 7.33. The molecule has 0 amide bonds. The number of piperidine rings is 1. The minimum Gasteiger partial charge on any atom is -0.377 e. The lowest BCUT2D eigenvalue weighted by atomic mass is 10.1. The van der Waals surface area contributed by atoms with E-state index in [2.05, 4.69) is 4.90 Å². The van der Waals surface area contributed by atoms with Gasteiger partial charge in [0, 0.05) is 25.4 Å². The predicted molar refractivity (Wildman–Crippen MR) is 40.2 cm³/mol. The fourth-order valence-corrected chi connectivity index (χ4v) is 1.21. The van der Waals surface area contributed by atoms with E-state index in [4.69, 9.17) is 5.26 Å². The molecule has 0 N–H and O–H groups in total. The molecule has 1 rings (SSSR count). The second kappa shape index (κ2) is 3.94. The van der Waals surface area contributed by atoms with Crippen molar-refractivity contribution in [1.29, 1.82) is 5.26 Å². The highest BCUT2D eigenvalue weighted by atomic mass is 15.1. The normalized spacial score (nSPS) is 19.3. The summed E-state index contributed by atoms with van der Waals surface area (Å²) >= 11 is 0. The van der Waals surface area contributed by atoms with Crippen LogP contribution in [0, 0.1) is 11.3 Å². The van der Waals surface area contributed by atoms with Gasteiger partial charge in [-0.15, -0.1) is 0 Å². The van der Waals surface area contributed by atoms with E-state index in [0.717, 1.165) is 13.1 Å². The number of nitriles is 1. The summed E-state index contributed by atoms with van der Waals surface area (Å²) in [6.45, 7) is 2.25. The first-order valence-corrected chi connectivity index (χ1v) is 3.74. The van der Waals surface area contributed by atoms with Crippen molar-refractivity contribution in [2.45, 2.75) is 19.3 Å². The van der Waals surface area contributed by atoms with Crippen molar-refractivity contribution in [3.05, 3.63) is 12.3 Å². The van der Waals surface area contributed by atoms with E-state index in [1.165, 1.54) is 19.3 Å². The van der Waals surface area contributed by atoms with Crippen LogP contribution >= 0.6 is 0 Å². The Kier molecular flexibility index (Phi) is 2.82. The van der Waals surface area contributed by atoms with Crippen LogP contribution in [-0.2, 0) is 0 Å². The minimum atomic E-state index is 1.12. The summed E-state index contributed by atoms with van der Waals surface area (Å²) in [5.41, 5.74) is 0. The Hall–Kier alpha value is -0.970. The van der Waals surface area contributed by atoms with Gasteiger partial charge in [0.1, 0.15) is 0 Å². The van der Waals surface area contributed by atoms with E-state index in [-0.39, 0.29) is 0 Å². The van der Waals surface area contributed by atoms with Gasteiger partial charge in [-0.1, -0.05) is 0 Å². The Morgan fingerprint density at radius 2 is 1.90 bits per heavy atom. The molecule has 10 heavy (non-hydrogen) atoms. The van der Waals surface area contributed by atoms with Gasteiger partial charge in [0.25, 0.3) is 0 Å². The first-order valence-electron chi connectivity index (χ1n) is 3.74. The Morgan fingerprint density at radius 1 is 1.20 bits per heavy atom. The third-order valence-corrected chi connectivity index (χ3v) is 1.75. The molecule has 0 bridgehead atoms. The molecule has 0 atom stereocenters. The van der Waals surface area contributed by atoms with E-state index in [9.17, 15) is 0 Å². The SMILES string of the molecule is N#CC=CN1CCCCC1. The standard InChI is InChI=1S/C8H12N2/c9-5-4-8-10-6-2-1-3-7-10/h4,8H,1-3,6-7H2. The lowest BCUT2D eigenvalue weighted by Gasteiger charge is -2.24. The van der Waals surface area contributed by atoms with Crippen LogP contribution in [0.25, 0.3) is 0 Å². The maximum Gasteiger partial charge on any atom is 0.0927 e. The molecule has 0 unspecified atom stereocenters. The third-order valence-electron chi connectivity index (χ3n) is 1.75. The van der Waals surface area contributed by atoms with E-state index >= 15 is 0 Å². The maximum absolute atomic E-state index is 8.23. The van der Waals surface area contributed by atoms with Crippen LogP contribution in [0.2, 0.25) is 0 Å². The van der Waals surface area contributed by atoms with Gasteiger partial charge in [-0.2, -0.15) is 5.26 Å². The van der Waals surface area contributed by atoms with Crippen molar-refractivity contribution < 1.29 is 0 Å². The van der Waals surface area contributed by atoms with Crippen LogP contribution in [0.3, 0.4) is 0 Å². The third kappa shape index (κ3) is 2.10. The van der Waals surface area contributed by atoms with Crippen LogP contribution in [0.1, 0.15) is 19.3 Å². The molecule has 0 spiro atoms. The van der Waals surface area contributed by atoms with E-state index in [0.29, 0.717) is 0 Å². The highest BCUT2D eigenvalue weighted by Crippen LogP contribution is 2.07. The Bertz CT molecular complexity index is 149. The number of nitrogens with zero attached hydrogens (tertiary/aromatic N) is 2. The fraction of sp³-hybridized carbons (Fsp3) is 0.625. The molecule has 0 aliphatic carbocycles. The monoisotopic (exact) mass is 136 g/mol. The number of hydrogen-bond donors (Lipinski definition) is 0.